The number of amides is 1. The molecule has 0 saturated carbocycles. The van der Waals surface area contributed by atoms with Crippen molar-refractivity contribution in [2.24, 2.45) is 0 Å². The topological polar surface area (TPSA) is 98.7 Å². The first kappa shape index (κ1) is 19.5. The molecule has 0 aromatic carbocycles. The van der Waals surface area contributed by atoms with Gasteiger partial charge in [-0.05, 0) is 17.5 Å². The maximum atomic E-state index is 12.6. The third-order valence-electron chi connectivity index (χ3n) is 3.16. The van der Waals surface area contributed by atoms with Gasteiger partial charge in [-0.25, -0.2) is 9.66 Å². The fourth-order valence-electron chi connectivity index (χ4n) is 1.93. The maximum Gasteiger partial charge on any atom is 0.417 e. The molecule has 142 valence electrons. The number of carbonyl (C=O) groups excluding carboxylic acids is 1. The van der Waals surface area contributed by atoms with Crippen LogP contribution in [0.15, 0.2) is 34.9 Å². The number of rotatable bonds is 5. The van der Waals surface area contributed by atoms with E-state index in [0.29, 0.717) is 23.2 Å². The minimum atomic E-state index is -4.57. The Hall–Kier alpha value is -2.31. The van der Waals surface area contributed by atoms with Gasteiger partial charge in [-0.1, -0.05) is 29.4 Å². The Kier molecular flexibility index (Phi) is 5.58. The van der Waals surface area contributed by atoms with E-state index >= 15 is 0 Å². The van der Waals surface area contributed by atoms with E-state index < -0.39 is 17.6 Å². The molecule has 3 rings (SSSR count). The van der Waals surface area contributed by atoms with Crippen molar-refractivity contribution in [3.63, 3.8) is 0 Å². The van der Waals surface area contributed by atoms with Crippen LogP contribution in [0.5, 0.6) is 0 Å². The van der Waals surface area contributed by atoms with E-state index in [-0.39, 0.29) is 16.6 Å². The van der Waals surface area contributed by atoms with Crippen LogP contribution in [0.2, 0.25) is 5.02 Å². The number of anilines is 1. The lowest BCUT2D eigenvalue weighted by molar-refractivity contribution is -0.137. The van der Waals surface area contributed by atoms with Crippen molar-refractivity contribution in [2.75, 3.05) is 16.9 Å². The number of nitrogens with two attached hydrogens (primary N) is 1. The normalized spacial score (nSPS) is 11.6. The van der Waals surface area contributed by atoms with Crippen LogP contribution in [0.1, 0.15) is 5.56 Å². The van der Waals surface area contributed by atoms with Gasteiger partial charge in [-0.2, -0.15) is 13.2 Å². The molecule has 3 aromatic heterocycles. The van der Waals surface area contributed by atoms with Gasteiger partial charge in [0.15, 0.2) is 11.6 Å². The molecule has 3 aromatic rings. The fourth-order valence-corrected chi connectivity index (χ4v) is 3.51. The summed E-state index contributed by atoms with van der Waals surface area (Å²) < 4.78 is 39.0. The molecule has 0 fully saturated rings. The lowest BCUT2D eigenvalue weighted by Gasteiger charge is -2.10. The van der Waals surface area contributed by atoms with Gasteiger partial charge in [0.1, 0.15) is 0 Å². The lowest BCUT2D eigenvalue weighted by Crippen LogP contribution is -2.17. The zero-order valence-corrected chi connectivity index (χ0v) is 15.6. The highest BCUT2D eigenvalue weighted by Crippen LogP contribution is 2.32. The highest BCUT2D eigenvalue weighted by molar-refractivity contribution is 7.99. The van der Waals surface area contributed by atoms with Crippen molar-refractivity contribution in [3.05, 3.63) is 40.4 Å². The number of alkyl halides is 3. The quantitative estimate of drug-likeness (QED) is 0.471. The smallest absolute Gasteiger partial charge is 0.335 e. The van der Waals surface area contributed by atoms with Crippen LogP contribution in [0, 0.1) is 0 Å². The van der Waals surface area contributed by atoms with Crippen molar-refractivity contribution in [1.29, 1.82) is 0 Å². The minimum Gasteiger partial charge on any atom is -0.335 e. The first-order chi connectivity index (χ1) is 12.8. The van der Waals surface area contributed by atoms with Crippen molar-refractivity contribution in [2.45, 2.75) is 11.3 Å². The summed E-state index contributed by atoms with van der Waals surface area (Å²) in [4.78, 5) is 16.4. The third kappa shape index (κ3) is 4.51. The Balaban J connectivity index is 1.62. The van der Waals surface area contributed by atoms with Gasteiger partial charge in [-0.3, -0.25) is 4.79 Å². The summed E-state index contributed by atoms with van der Waals surface area (Å²) in [6.07, 6.45) is -3.97. The van der Waals surface area contributed by atoms with Gasteiger partial charge in [0.25, 0.3) is 0 Å². The first-order valence-corrected chi connectivity index (χ1v) is 9.40. The summed E-state index contributed by atoms with van der Waals surface area (Å²) >= 11 is 8.20. The van der Waals surface area contributed by atoms with Gasteiger partial charge in [0.2, 0.25) is 11.1 Å². The predicted octanol–water partition coefficient (Wildman–Crippen LogP) is 3.52. The van der Waals surface area contributed by atoms with E-state index in [9.17, 15) is 18.0 Å². The number of thiophene rings is 1. The molecule has 3 N–H and O–H groups in total. The monoisotopic (exact) mass is 434 g/mol. The lowest BCUT2D eigenvalue weighted by atomic mass is 10.3. The second-order valence-electron chi connectivity index (χ2n) is 5.04. The zero-order chi connectivity index (χ0) is 19.6. The summed E-state index contributed by atoms with van der Waals surface area (Å²) in [7, 11) is 0. The van der Waals surface area contributed by atoms with Crippen LogP contribution in [0.4, 0.5) is 19.0 Å². The Morgan fingerprint density at radius 3 is 2.81 bits per heavy atom. The number of thioether (sulfide) groups is 1. The van der Waals surface area contributed by atoms with Crippen LogP contribution in [-0.4, -0.2) is 31.5 Å². The first-order valence-electron chi connectivity index (χ1n) is 7.15. The highest BCUT2D eigenvalue weighted by atomic mass is 35.5. The van der Waals surface area contributed by atoms with Gasteiger partial charge in [0, 0.05) is 6.20 Å². The molecule has 27 heavy (non-hydrogen) atoms. The summed E-state index contributed by atoms with van der Waals surface area (Å²) in [5.41, 5.74) is -1.00. The molecule has 7 nitrogen and oxygen atoms in total. The molecule has 0 unspecified atom stereocenters. The summed E-state index contributed by atoms with van der Waals surface area (Å²) in [5.74, 6) is 5.57. The van der Waals surface area contributed by atoms with Crippen LogP contribution in [0.3, 0.4) is 0 Å². The molecule has 0 bridgehead atoms. The van der Waals surface area contributed by atoms with Crippen molar-refractivity contribution in [1.82, 2.24) is 19.9 Å². The van der Waals surface area contributed by atoms with Gasteiger partial charge in [0.05, 0.1) is 21.2 Å². The average molecular weight is 435 g/mol. The minimum absolute atomic E-state index is 0.112. The molecule has 0 aliphatic heterocycles. The summed E-state index contributed by atoms with van der Waals surface area (Å²) in [6, 6.07) is 4.37. The summed E-state index contributed by atoms with van der Waals surface area (Å²) in [5, 5.41) is 12.1. The molecule has 3 heterocycles. The Labute approximate surface area is 163 Å². The van der Waals surface area contributed by atoms with E-state index in [1.807, 2.05) is 17.5 Å². The molecule has 0 aliphatic rings. The molecule has 0 aliphatic carbocycles. The second-order valence-corrected chi connectivity index (χ2v) is 7.34. The number of nitrogens with one attached hydrogen (secondary N) is 1. The van der Waals surface area contributed by atoms with E-state index in [1.165, 1.54) is 16.0 Å². The Morgan fingerprint density at radius 1 is 1.41 bits per heavy atom. The summed E-state index contributed by atoms with van der Waals surface area (Å²) in [6.45, 7) is 0. The van der Waals surface area contributed by atoms with Crippen molar-refractivity contribution >= 4 is 46.4 Å². The van der Waals surface area contributed by atoms with E-state index in [4.69, 9.17) is 17.4 Å². The Bertz CT molecular complexity index is 960. The van der Waals surface area contributed by atoms with Crippen LogP contribution in [0.25, 0.3) is 10.7 Å². The third-order valence-corrected chi connectivity index (χ3v) is 5.26. The standard InChI is InChI=1S/C14H10ClF3N6OS2/c15-8-4-7(14(16,17)18)5-20-11(8)21-10(25)6-27-13-23-22-12(24(13)19)9-2-1-3-26-9/h1-5H,6,19H2,(H,20,21,25). The number of hydrogen-bond donors (Lipinski definition) is 2. The number of nitrogen functional groups attached to an aromatic ring is 1. The maximum absolute atomic E-state index is 12.6. The molecule has 0 saturated heterocycles. The Morgan fingerprint density at radius 2 is 2.19 bits per heavy atom. The SMILES string of the molecule is Nn1c(SCC(=O)Nc2ncc(C(F)(F)F)cc2Cl)nnc1-c1cccs1. The van der Waals surface area contributed by atoms with Crippen LogP contribution < -0.4 is 11.2 Å². The molecular weight excluding hydrogens is 425 g/mol. The number of carbonyl (C=O) groups is 1. The number of nitrogens with zero attached hydrogens (tertiary/aromatic N) is 4. The molecular formula is C14H10ClF3N6OS2. The van der Waals surface area contributed by atoms with Gasteiger partial charge in [-0.15, -0.1) is 21.5 Å². The average Bonchev–Trinajstić information content (AvgIpc) is 3.23. The van der Waals surface area contributed by atoms with E-state index in [2.05, 4.69) is 20.5 Å². The van der Waals surface area contributed by atoms with E-state index in [1.54, 1.807) is 0 Å². The zero-order valence-electron chi connectivity index (χ0n) is 13.2. The van der Waals surface area contributed by atoms with Crippen molar-refractivity contribution in [3.8, 4) is 10.7 Å². The van der Waals surface area contributed by atoms with Gasteiger partial charge < -0.3 is 11.2 Å². The van der Waals surface area contributed by atoms with Crippen molar-refractivity contribution < 1.29 is 18.0 Å². The molecule has 1 amide bonds. The number of halogens is 4. The number of hydrogen-bond acceptors (Lipinski definition) is 7. The second kappa shape index (κ2) is 7.74. The largest absolute Gasteiger partial charge is 0.417 e. The number of pyridine rings is 1. The number of aromatic nitrogens is 4. The molecule has 13 heteroatoms. The molecule has 0 radical (unpaired) electrons. The molecule has 0 spiro atoms. The van der Waals surface area contributed by atoms with E-state index in [0.717, 1.165) is 16.6 Å². The van der Waals surface area contributed by atoms with Crippen LogP contribution in [-0.2, 0) is 11.0 Å². The molecule has 0 atom stereocenters. The predicted molar refractivity (Wildman–Crippen MR) is 97.1 cm³/mol. The van der Waals surface area contributed by atoms with Gasteiger partial charge >= 0.3 is 6.18 Å². The fraction of sp³-hybridized carbons (Fsp3) is 0.143. The highest BCUT2D eigenvalue weighted by Gasteiger charge is 2.31. The van der Waals surface area contributed by atoms with Crippen LogP contribution >= 0.6 is 34.7 Å².